The number of amides is 1. The Hall–Kier alpha value is -2.67. The number of carbonyl (C=O) groups is 2. The van der Waals surface area contributed by atoms with E-state index in [9.17, 15) is 9.59 Å². The van der Waals surface area contributed by atoms with E-state index in [4.69, 9.17) is 21.4 Å². The summed E-state index contributed by atoms with van der Waals surface area (Å²) < 4.78 is 5.33. The Bertz CT molecular complexity index is 766. The predicted molar refractivity (Wildman–Crippen MR) is 78.0 cm³/mol. The Balaban J connectivity index is 2.00. The molecule has 3 heterocycles. The van der Waals surface area contributed by atoms with Crippen molar-refractivity contribution in [2.24, 2.45) is 0 Å². The molecule has 0 aromatic carbocycles. The largest absolute Gasteiger partial charge is 0.480 e. The molecular formula is C14H10ClN3O4. The molecule has 1 aliphatic heterocycles. The van der Waals surface area contributed by atoms with E-state index < -0.39 is 18.4 Å². The van der Waals surface area contributed by atoms with Gasteiger partial charge in [-0.2, -0.15) is 0 Å². The van der Waals surface area contributed by atoms with E-state index >= 15 is 0 Å². The molecule has 1 N–H and O–H groups in total. The molecule has 1 amide bonds. The summed E-state index contributed by atoms with van der Waals surface area (Å²) in [7, 11) is 0. The summed E-state index contributed by atoms with van der Waals surface area (Å²) in [5.41, 5.74) is 1.26. The summed E-state index contributed by atoms with van der Waals surface area (Å²) in [6, 6.07) is 4.98. The van der Waals surface area contributed by atoms with E-state index in [-0.39, 0.29) is 12.4 Å². The summed E-state index contributed by atoms with van der Waals surface area (Å²) in [4.78, 5) is 32.0. The van der Waals surface area contributed by atoms with Crippen molar-refractivity contribution in [1.82, 2.24) is 9.97 Å². The number of nitrogens with zero attached hydrogens (tertiary/aromatic N) is 3. The molecule has 0 saturated carbocycles. The number of carboxylic acid groups (broad SMARTS) is 1. The average Bonchev–Trinajstić information content (AvgIpc) is 2.49. The fraction of sp³-hybridized carbons (Fsp3) is 0.143. The minimum atomic E-state index is -1.12. The third-order valence-electron chi connectivity index (χ3n) is 3.05. The lowest BCUT2D eigenvalue weighted by Crippen LogP contribution is -2.42. The maximum Gasteiger partial charge on any atom is 0.323 e. The highest BCUT2D eigenvalue weighted by Gasteiger charge is 2.29. The Kier molecular flexibility index (Phi) is 3.64. The van der Waals surface area contributed by atoms with Gasteiger partial charge in [0.05, 0.1) is 5.69 Å². The van der Waals surface area contributed by atoms with Crippen LogP contribution in [0.15, 0.2) is 30.6 Å². The second-order valence-corrected chi connectivity index (χ2v) is 5.00. The lowest BCUT2D eigenvalue weighted by Gasteiger charge is -2.27. The number of pyridine rings is 2. The van der Waals surface area contributed by atoms with Gasteiger partial charge in [-0.1, -0.05) is 11.6 Å². The quantitative estimate of drug-likeness (QED) is 0.924. The highest BCUT2D eigenvalue weighted by atomic mass is 35.5. The molecule has 0 spiro atoms. The standard InChI is InChI=1S/C14H10ClN3O4/c15-9-1-2-16-10(4-9)8-3-11-14(17-5-8)18(6-13(20)21)12(19)7-22-11/h1-5H,6-7H2,(H,20,21). The monoisotopic (exact) mass is 319 g/mol. The van der Waals surface area contributed by atoms with E-state index in [1.54, 1.807) is 24.4 Å². The van der Waals surface area contributed by atoms with Gasteiger partial charge in [-0.25, -0.2) is 4.98 Å². The first kappa shape index (κ1) is 14.3. The van der Waals surface area contributed by atoms with E-state index in [0.717, 1.165) is 4.90 Å². The van der Waals surface area contributed by atoms with Crippen molar-refractivity contribution in [3.05, 3.63) is 35.6 Å². The third kappa shape index (κ3) is 2.71. The lowest BCUT2D eigenvalue weighted by atomic mass is 10.1. The van der Waals surface area contributed by atoms with Crippen LogP contribution in [-0.4, -0.2) is 40.1 Å². The highest BCUT2D eigenvalue weighted by Crippen LogP contribution is 2.33. The zero-order valence-corrected chi connectivity index (χ0v) is 11.9. The molecule has 0 aliphatic carbocycles. The van der Waals surface area contributed by atoms with E-state index in [0.29, 0.717) is 22.0 Å². The number of hydrogen-bond donors (Lipinski definition) is 1. The van der Waals surface area contributed by atoms with Crippen LogP contribution in [-0.2, 0) is 9.59 Å². The number of aromatic nitrogens is 2. The van der Waals surface area contributed by atoms with Crippen LogP contribution in [0.2, 0.25) is 5.02 Å². The number of anilines is 1. The molecule has 0 unspecified atom stereocenters. The number of hydrogen-bond acceptors (Lipinski definition) is 5. The maximum absolute atomic E-state index is 11.8. The van der Waals surface area contributed by atoms with Crippen molar-refractivity contribution >= 4 is 29.3 Å². The van der Waals surface area contributed by atoms with Gasteiger partial charge in [-0.3, -0.25) is 19.5 Å². The van der Waals surface area contributed by atoms with Crippen molar-refractivity contribution < 1.29 is 19.4 Å². The highest BCUT2D eigenvalue weighted by molar-refractivity contribution is 6.30. The first-order valence-corrected chi connectivity index (χ1v) is 6.69. The smallest absolute Gasteiger partial charge is 0.323 e. The predicted octanol–water partition coefficient (Wildman–Crippen LogP) is 1.61. The topological polar surface area (TPSA) is 92.6 Å². The summed E-state index contributed by atoms with van der Waals surface area (Å²) in [5, 5.41) is 9.42. The van der Waals surface area contributed by atoms with Crippen LogP contribution >= 0.6 is 11.6 Å². The molecule has 0 radical (unpaired) electrons. The molecule has 0 fully saturated rings. The normalized spacial score (nSPS) is 13.5. The molecule has 0 saturated heterocycles. The molecule has 2 aromatic heterocycles. The molecule has 112 valence electrons. The number of fused-ring (bicyclic) bond motifs is 1. The van der Waals surface area contributed by atoms with Crippen LogP contribution in [0, 0.1) is 0 Å². The molecule has 3 rings (SSSR count). The van der Waals surface area contributed by atoms with Gasteiger partial charge in [0, 0.05) is 23.0 Å². The molecule has 0 atom stereocenters. The minimum Gasteiger partial charge on any atom is -0.480 e. The Morgan fingerprint density at radius 3 is 2.95 bits per heavy atom. The molecule has 22 heavy (non-hydrogen) atoms. The zero-order chi connectivity index (χ0) is 15.7. The first-order chi connectivity index (χ1) is 10.5. The van der Waals surface area contributed by atoms with Gasteiger partial charge >= 0.3 is 5.97 Å². The van der Waals surface area contributed by atoms with E-state index in [1.165, 1.54) is 6.20 Å². The molecule has 8 heteroatoms. The second-order valence-electron chi connectivity index (χ2n) is 4.57. The van der Waals surface area contributed by atoms with Gasteiger partial charge in [-0.05, 0) is 18.2 Å². The zero-order valence-electron chi connectivity index (χ0n) is 11.2. The summed E-state index contributed by atoms with van der Waals surface area (Å²) >= 11 is 5.93. The van der Waals surface area contributed by atoms with Gasteiger partial charge in [0.1, 0.15) is 6.54 Å². The minimum absolute atomic E-state index is 0.185. The first-order valence-electron chi connectivity index (χ1n) is 6.31. The van der Waals surface area contributed by atoms with Crippen molar-refractivity contribution in [1.29, 1.82) is 0 Å². The fourth-order valence-electron chi connectivity index (χ4n) is 2.08. The van der Waals surface area contributed by atoms with Crippen LogP contribution in [0.1, 0.15) is 0 Å². The SMILES string of the molecule is O=C(O)CN1C(=O)COc2cc(-c3cc(Cl)ccn3)cnc21. The number of rotatable bonds is 3. The van der Waals surface area contributed by atoms with Crippen molar-refractivity contribution in [3.63, 3.8) is 0 Å². The van der Waals surface area contributed by atoms with Gasteiger partial charge in [-0.15, -0.1) is 0 Å². The average molecular weight is 320 g/mol. The van der Waals surface area contributed by atoms with Gasteiger partial charge in [0.15, 0.2) is 18.2 Å². The Morgan fingerprint density at radius 1 is 1.41 bits per heavy atom. The number of ether oxygens (including phenoxy) is 1. The van der Waals surface area contributed by atoms with E-state index in [2.05, 4.69) is 9.97 Å². The van der Waals surface area contributed by atoms with Crippen LogP contribution in [0.25, 0.3) is 11.3 Å². The third-order valence-corrected chi connectivity index (χ3v) is 3.29. The van der Waals surface area contributed by atoms with Crippen LogP contribution in [0.5, 0.6) is 5.75 Å². The molecule has 1 aliphatic rings. The Labute approximate surface area is 130 Å². The molecule has 7 nitrogen and oxygen atoms in total. The second kappa shape index (κ2) is 5.61. The van der Waals surface area contributed by atoms with Crippen molar-refractivity contribution in [2.75, 3.05) is 18.1 Å². The maximum atomic E-state index is 11.8. The molecular weight excluding hydrogens is 310 g/mol. The fourth-order valence-corrected chi connectivity index (χ4v) is 2.24. The van der Waals surface area contributed by atoms with Crippen LogP contribution in [0.4, 0.5) is 5.82 Å². The van der Waals surface area contributed by atoms with E-state index in [1.807, 2.05) is 0 Å². The number of carboxylic acids is 1. The van der Waals surface area contributed by atoms with Crippen LogP contribution in [0.3, 0.4) is 0 Å². The van der Waals surface area contributed by atoms with Crippen molar-refractivity contribution in [3.8, 4) is 17.0 Å². The number of aliphatic carboxylic acids is 1. The number of carbonyl (C=O) groups excluding carboxylic acids is 1. The lowest BCUT2D eigenvalue weighted by molar-refractivity contribution is -0.137. The van der Waals surface area contributed by atoms with Gasteiger partial charge in [0.25, 0.3) is 5.91 Å². The van der Waals surface area contributed by atoms with Crippen molar-refractivity contribution in [2.45, 2.75) is 0 Å². The Morgan fingerprint density at radius 2 is 2.23 bits per heavy atom. The van der Waals surface area contributed by atoms with Crippen LogP contribution < -0.4 is 9.64 Å². The molecule has 2 aromatic rings. The number of halogens is 1. The summed E-state index contributed by atoms with van der Waals surface area (Å²) in [6.07, 6.45) is 3.06. The summed E-state index contributed by atoms with van der Waals surface area (Å²) in [5.74, 6) is -1.05. The van der Waals surface area contributed by atoms with Gasteiger partial charge in [0.2, 0.25) is 0 Å². The van der Waals surface area contributed by atoms with Gasteiger partial charge < -0.3 is 9.84 Å². The summed E-state index contributed by atoms with van der Waals surface area (Å²) in [6.45, 7) is -0.689. The molecule has 0 bridgehead atoms.